The molecule has 114 heavy (non-hydrogen) atoms. The number of pyridine rings is 2. The zero-order valence-electron chi connectivity index (χ0n) is 61.6. The molecule has 0 bridgehead atoms. The topological polar surface area (TPSA) is 71.8 Å². The first-order valence-corrected chi connectivity index (χ1v) is 38.7. The number of rotatable bonds is 10. The van der Waals surface area contributed by atoms with Crippen molar-refractivity contribution >= 4 is 131 Å². The number of nitrogens with zero attached hydrogens (tertiary/aromatic N) is 6. The molecule has 0 unspecified atom stereocenters. The minimum Gasteiger partial charge on any atom is -0.456 e. The van der Waals surface area contributed by atoms with Gasteiger partial charge in [-0.1, -0.05) is 200 Å². The van der Waals surface area contributed by atoms with Gasteiger partial charge in [-0.2, -0.15) is 0 Å². The van der Waals surface area contributed by atoms with Crippen molar-refractivity contribution in [3.8, 4) is 89.6 Å². The second kappa shape index (κ2) is 26.2. The van der Waals surface area contributed by atoms with Crippen LogP contribution >= 0.6 is 0 Å². The molecule has 0 radical (unpaired) electrons. The zero-order valence-corrected chi connectivity index (χ0v) is 61.6. The predicted molar refractivity (Wildman–Crippen MR) is 473 cm³/mol. The molecule has 0 spiro atoms. The van der Waals surface area contributed by atoms with E-state index in [0.29, 0.717) is 0 Å². The third kappa shape index (κ3) is 10.6. The molecule has 16 aromatic carbocycles. The fourth-order valence-electron chi connectivity index (χ4n) is 17.9. The smallest absolute Gasteiger partial charge is 0.135 e. The molecule has 8 heterocycles. The summed E-state index contributed by atoms with van der Waals surface area (Å²) in [6.45, 7) is 0. The maximum atomic E-state index is 6.18. The van der Waals surface area contributed by atoms with E-state index in [2.05, 4.69) is 375 Å². The van der Waals surface area contributed by atoms with E-state index in [1.54, 1.807) is 0 Å². The van der Waals surface area contributed by atoms with Crippen LogP contribution in [0.1, 0.15) is 0 Å². The first-order chi connectivity index (χ1) is 56.5. The average Bonchev–Trinajstić information content (AvgIpc) is 1.59. The summed E-state index contributed by atoms with van der Waals surface area (Å²) in [4.78, 5) is 9.03. The van der Waals surface area contributed by atoms with E-state index in [-0.39, 0.29) is 0 Å². The fourth-order valence-corrected chi connectivity index (χ4v) is 17.9. The maximum absolute atomic E-state index is 6.18. The quantitative estimate of drug-likeness (QED) is 0.137. The Morgan fingerprint density at radius 2 is 0.482 bits per heavy atom. The number of para-hydroxylation sites is 6. The van der Waals surface area contributed by atoms with Crippen molar-refractivity contribution in [3.63, 3.8) is 0 Å². The van der Waals surface area contributed by atoms with Crippen LogP contribution in [-0.2, 0) is 0 Å². The monoisotopic (exact) mass is 1450 g/mol. The molecular formula is C106H66N6O2. The van der Waals surface area contributed by atoms with E-state index >= 15 is 0 Å². The average molecular weight is 1460 g/mol. The molecule has 8 nitrogen and oxygen atoms in total. The molecular weight excluding hydrogens is 1390 g/mol. The van der Waals surface area contributed by atoms with E-state index in [0.717, 1.165) is 100 Å². The van der Waals surface area contributed by atoms with Gasteiger partial charge in [-0.3, -0.25) is 9.97 Å². The Kier molecular flexibility index (Phi) is 14.8. The summed E-state index contributed by atoms with van der Waals surface area (Å²) >= 11 is 0. The molecule has 0 saturated carbocycles. The van der Waals surface area contributed by atoms with E-state index in [9.17, 15) is 0 Å². The van der Waals surface area contributed by atoms with Crippen LogP contribution in [0.5, 0.6) is 0 Å². The molecule has 24 aromatic rings. The molecule has 0 saturated heterocycles. The number of hydrogen-bond acceptors (Lipinski definition) is 4. The number of aromatic nitrogens is 6. The minimum absolute atomic E-state index is 0.900. The standard InChI is InChI=1S/2C53H33N3O/c1-2-12-34(13-3-1)37-28-38(47-17-10-11-27-54-47)30-40(29-37)56-49-19-8-5-15-42(49)45-32-36(22-25-51(45)56)35-21-24-50-44(31-35)41-14-4-7-18-48(41)55(50)39-23-26-53-46(33-39)43-16-6-9-20-52(43)57-53;1-2-10-34(11-3-1)38-28-39(35-24-26-54-27-25-35)30-41(29-38)56-49-16-8-5-13-43(49)46-32-37(19-22-51(46)56)36-18-21-50-45(31-36)42-12-4-7-15-48(42)55(50)40-20-23-53-47(33-40)44-14-6-9-17-52(44)57-53/h2*1-33H. The Balaban J connectivity index is 0.000000135. The van der Waals surface area contributed by atoms with Crippen LogP contribution in [0.2, 0.25) is 0 Å². The highest BCUT2D eigenvalue weighted by Crippen LogP contribution is 2.45. The lowest BCUT2D eigenvalue weighted by molar-refractivity contribution is 0.668. The highest BCUT2D eigenvalue weighted by atomic mass is 16.3. The maximum Gasteiger partial charge on any atom is 0.135 e. The van der Waals surface area contributed by atoms with Gasteiger partial charge in [0.2, 0.25) is 0 Å². The van der Waals surface area contributed by atoms with Crippen LogP contribution in [-0.4, -0.2) is 28.2 Å². The zero-order chi connectivity index (χ0) is 74.9. The summed E-state index contributed by atoms with van der Waals surface area (Å²) in [6.07, 6.45) is 5.59. The Bertz CT molecular complexity index is 7390. The van der Waals surface area contributed by atoms with Crippen molar-refractivity contribution in [2.24, 2.45) is 0 Å². The third-order valence-electron chi connectivity index (χ3n) is 23.1. The predicted octanol–water partition coefficient (Wildman–Crippen LogP) is 28.4. The molecule has 0 aliphatic carbocycles. The van der Waals surface area contributed by atoms with Gasteiger partial charge in [-0.25, -0.2) is 0 Å². The summed E-state index contributed by atoms with van der Waals surface area (Å²) in [5, 5.41) is 14.3. The summed E-state index contributed by atoms with van der Waals surface area (Å²) in [7, 11) is 0. The molecule has 0 N–H and O–H groups in total. The van der Waals surface area contributed by atoms with Gasteiger partial charge in [0.25, 0.3) is 0 Å². The molecule has 8 heteroatoms. The van der Waals surface area contributed by atoms with E-state index in [4.69, 9.17) is 13.8 Å². The molecule has 24 rings (SSSR count). The summed E-state index contributed by atoms with van der Waals surface area (Å²) < 4.78 is 22.0. The lowest BCUT2D eigenvalue weighted by Gasteiger charge is -2.14. The van der Waals surface area contributed by atoms with Crippen LogP contribution in [0.3, 0.4) is 0 Å². The van der Waals surface area contributed by atoms with Gasteiger partial charge in [-0.05, 0) is 238 Å². The fraction of sp³-hybridized carbons (Fsp3) is 0. The highest BCUT2D eigenvalue weighted by molar-refractivity contribution is 6.16. The first-order valence-electron chi connectivity index (χ1n) is 38.7. The largest absolute Gasteiger partial charge is 0.456 e. The molecule has 0 fully saturated rings. The van der Waals surface area contributed by atoms with Crippen LogP contribution in [0, 0.1) is 0 Å². The number of hydrogen-bond donors (Lipinski definition) is 0. The van der Waals surface area contributed by atoms with Crippen molar-refractivity contribution in [2.45, 2.75) is 0 Å². The Labute approximate surface area is 654 Å². The van der Waals surface area contributed by atoms with Crippen LogP contribution in [0.15, 0.2) is 410 Å². The molecule has 0 aliphatic rings. The molecule has 532 valence electrons. The van der Waals surface area contributed by atoms with Crippen LogP contribution in [0.4, 0.5) is 0 Å². The first kappa shape index (κ1) is 64.6. The summed E-state index contributed by atoms with van der Waals surface area (Å²) in [5.74, 6) is 0. The van der Waals surface area contributed by atoms with Gasteiger partial charge < -0.3 is 27.1 Å². The molecule has 0 atom stereocenters. The lowest BCUT2D eigenvalue weighted by atomic mass is 9.98. The van der Waals surface area contributed by atoms with Crippen molar-refractivity contribution in [2.75, 3.05) is 0 Å². The second-order valence-corrected chi connectivity index (χ2v) is 29.6. The summed E-state index contributed by atoms with van der Waals surface area (Å²) in [6, 6.07) is 138. The Morgan fingerprint density at radius 1 is 0.167 bits per heavy atom. The minimum atomic E-state index is 0.900. The molecule has 0 amide bonds. The van der Waals surface area contributed by atoms with Crippen molar-refractivity contribution in [1.82, 2.24) is 28.2 Å². The normalized spacial score (nSPS) is 11.9. The van der Waals surface area contributed by atoms with Gasteiger partial charge in [-0.15, -0.1) is 0 Å². The number of benzene rings is 16. The van der Waals surface area contributed by atoms with Crippen LogP contribution < -0.4 is 0 Å². The highest BCUT2D eigenvalue weighted by Gasteiger charge is 2.23. The van der Waals surface area contributed by atoms with Gasteiger partial charge >= 0.3 is 0 Å². The van der Waals surface area contributed by atoms with Gasteiger partial charge in [0.1, 0.15) is 22.3 Å². The van der Waals surface area contributed by atoms with E-state index in [1.807, 2.05) is 48.9 Å². The van der Waals surface area contributed by atoms with Gasteiger partial charge in [0.05, 0.1) is 49.8 Å². The third-order valence-corrected chi connectivity index (χ3v) is 23.1. The van der Waals surface area contributed by atoms with E-state index < -0.39 is 0 Å². The Morgan fingerprint density at radius 3 is 0.877 bits per heavy atom. The van der Waals surface area contributed by atoms with Gasteiger partial charge in [0, 0.05) is 112 Å². The number of fused-ring (bicyclic) bond motifs is 18. The van der Waals surface area contributed by atoms with Gasteiger partial charge in [0.15, 0.2) is 0 Å². The number of furan rings is 2. The van der Waals surface area contributed by atoms with E-state index in [1.165, 1.54) is 121 Å². The summed E-state index contributed by atoms with van der Waals surface area (Å²) in [5.41, 5.74) is 31.2. The lowest BCUT2D eigenvalue weighted by Crippen LogP contribution is -1.96. The van der Waals surface area contributed by atoms with Crippen LogP contribution in [0.25, 0.3) is 221 Å². The molecule has 0 aliphatic heterocycles. The molecule has 8 aromatic heterocycles. The van der Waals surface area contributed by atoms with Crippen molar-refractivity contribution < 1.29 is 8.83 Å². The Hall–Kier alpha value is -15.4. The SMILES string of the molecule is c1ccc(-c2cc(-c3ccccn3)cc(-n3c4ccccc4c4cc(-c5ccc6c(c5)c5ccccc5n6-c5ccc6oc7ccccc7c6c5)ccc43)c2)cc1.c1ccc(-c2cc(-c3ccncc3)cc(-n3c4ccccc4c4cc(-c5ccc6c(c5)c5ccccc5n6-c5ccc6oc7ccccc7c6c5)ccc43)c2)cc1. The van der Waals surface area contributed by atoms with Crippen molar-refractivity contribution in [3.05, 3.63) is 401 Å². The second-order valence-electron chi connectivity index (χ2n) is 29.6. The van der Waals surface area contributed by atoms with Crippen molar-refractivity contribution in [1.29, 1.82) is 0 Å².